The molecule has 1 aromatic carbocycles. The normalized spacial score (nSPS) is 19.3. The molecule has 0 unspecified atom stereocenters. The first-order valence-corrected chi connectivity index (χ1v) is 9.23. The molecule has 0 aliphatic carbocycles. The minimum absolute atomic E-state index is 0.0845. The topological polar surface area (TPSA) is 71.6 Å². The lowest BCUT2D eigenvalue weighted by Gasteiger charge is -2.37. The quantitative estimate of drug-likeness (QED) is 0.915. The van der Waals surface area contributed by atoms with Gasteiger partial charge in [0.2, 0.25) is 5.91 Å². The molecule has 26 heavy (non-hydrogen) atoms. The zero-order valence-corrected chi connectivity index (χ0v) is 15.0. The predicted octanol–water partition coefficient (Wildman–Crippen LogP) is 2.13. The van der Waals surface area contributed by atoms with E-state index in [0.29, 0.717) is 57.6 Å². The van der Waals surface area contributed by atoms with Gasteiger partial charge in [0, 0.05) is 43.4 Å². The first-order chi connectivity index (χ1) is 12.5. The Kier molecular flexibility index (Phi) is 4.54. The van der Waals surface area contributed by atoms with Gasteiger partial charge in [0.25, 0.3) is 5.56 Å². The highest BCUT2D eigenvalue weighted by Gasteiger charge is 2.40. The van der Waals surface area contributed by atoms with E-state index >= 15 is 0 Å². The molecule has 2 fully saturated rings. The Hall–Kier alpha value is -2.18. The first-order valence-electron chi connectivity index (χ1n) is 9.23. The second-order valence-corrected chi connectivity index (χ2v) is 7.20. The number of fused-ring (bicyclic) bond motifs is 1. The van der Waals surface area contributed by atoms with Crippen LogP contribution in [0.4, 0.5) is 0 Å². The van der Waals surface area contributed by atoms with Crippen LogP contribution in [0.1, 0.15) is 30.4 Å². The molecular weight excluding hydrogens is 332 g/mol. The maximum absolute atomic E-state index is 12.5. The summed E-state index contributed by atoms with van der Waals surface area (Å²) in [5, 5.41) is 0.994. The molecule has 0 radical (unpaired) electrons. The third-order valence-corrected chi connectivity index (χ3v) is 5.38. The molecule has 6 nitrogen and oxygen atoms in total. The van der Waals surface area contributed by atoms with Gasteiger partial charge in [0.1, 0.15) is 0 Å². The minimum atomic E-state index is -0.468. The van der Waals surface area contributed by atoms with Gasteiger partial charge in [-0.25, -0.2) is 0 Å². The van der Waals surface area contributed by atoms with Gasteiger partial charge in [0.05, 0.1) is 13.2 Å². The molecule has 2 aliphatic heterocycles. The molecule has 4 rings (SSSR count). The fraction of sp³-hybridized carbons (Fsp3) is 0.500. The Morgan fingerprint density at radius 3 is 2.65 bits per heavy atom. The second kappa shape index (κ2) is 6.85. The molecule has 6 heteroatoms. The Labute approximate surface area is 152 Å². The van der Waals surface area contributed by atoms with Gasteiger partial charge in [-0.05, 0) is 36.4 Å². The van der Waals surface area contributed by atoms with Crippen molar-refractivity contribution in [2.45, 2.75) is 38.4 Å². The minimum Gasteiger partial charge on any atom is -0.347 e. The van der Waals surface area contributed by atoms with Crippen LogP contribution in [0, 0.1) is 6.92 Å². The lowest BCUT2D eigenvalue weighted by molar-refractivity contribution is -0.187. The van der Waals surface area contributed by atoms with E-state index in [-0.39, 0.29) is 11.5 Å². The Bertz CT molecular complexity index is 873. The Balaban J connectivity index is 1.39. The van der Waals surface area contributed by atoms with E-state index < -0.39 is 5.79 Å². The predicted molar refractivity (Wildman–Crippen MR) is 98.1 cm³/mol. The smallest absolute Gasteiger partial charge is 0.251 e. The average molecular weight is 356 g/mol. The number of amides is 1. The number of nitrogens with one attached hydrogen (secondary N) is 1. The number of carbonyl (C=O) groups is 1. The number of piperidine rings is 1. The van der Waals surface area contributed by atoms with Crippen LogP contribution < -0.4 is 5.56 Å². The number of aryl methyl sites for hydroxylation is 2. The van der Waals surface area contributed by atoms with E-state index in [9.17, 15) is 9.59 Å². The number of rotatable bonds is 3. The van der Waals surface area contributed by atoms with Crippen LogP contribution in [0.3, 0.4) is 0 Å². The van der Waals surface area contributed by atoms with Crippen LogP contribution >= 0.6 is 0 Å². The van der Waals surface area contributed by atoms with Crippen LogP contribution in [-0.2, 0) is 20.7 Å². The Morgan fingerprint density at radius 2 is 1.92 bits per heavy atom. The van der Waals surface area contributed by atoms with Crippen LogP contribution in [0.5, 0.6) is 0 Å². The molecule has 1 aromatic heterocycles. The number of aromatic amines is 1. The highest BCUT2D eigenvalue weighted by Crippen LogP contribution is 2.31. The van der Waals surface area contributed by atoms with E-state index in [1.54, 1.807) is 0 Å². The van der Waals surface area contributed by atoms with Crippen molar-refractivity contribution in [3.05, 3.63) is 45.7 Å². The molecule has 0 bridgehead atoms. The number of carbonyl (C=O) groups excluding carboxylic acids is 1. The van der Waals surface area contributed by atoms with Crippen molar-refractivity contribution < 1.29 is 14.3 Å². The zero-order chi connectivity index (χ0) is 18.1. The van der Waals surface area contributed by atoms with Gasteiger partial charge in [0.15, 0.2) is 5.79 Å². The monoisotopic (exact) mass is 356 g/mol. The summed E-state index contributed by atoms with van der Waals surface area (Å²) in [6, 6.07) is 7.87. The SMILES string of the molecule is Cc1ccc2cc(CCC(=O)N3CCC4(CC3)OCCO4)c(=O)[nH]c2c1. The summed E-state index contributed by atoms with van der Waals surface area (Å²) < 4.78 is 11.4. The van der Waals surface area contributed by atoms with E-state index in [1.807, 2.05) is 36.1 Å². The number of ether oxygens (including phenoxy) is 2. The molecule has 2 aliphatic rings. The van der Waals surface area contributed by atoms with Crippen molar-refractivity contribution in [2.75, 3.05) is 26.3 Å². The van der Waals surface area contributed by atoms with Crippen LogP contribution in [0.25, 0.3) is 10.9 Å². The van der Waals surface area contributed by atoms with Crippen molar-refractivity contribution >= 4 is 16.8 Å². The number of aromatic nitrogens is 1. The van der Waals surface area contributed by atoms with Crippen molar-refractivity contribution in [2.24, 2.45) is 0 Å². The maximum atomic E-state index is 12.5. The number of benzene rings is 1. The summed E-state index contributed by atoms with van der Waals surface area (Å²) in [6.45, 7) is 4.56. The maximum Gasteiger partial charge on any atom is 0.251 e. The highest BCUT2D eigenvalue weighted by atomic mass is 16.7. The standard InChI is InChI=1S/C20H24N2O4/c1-14-2-3-15-13-16(19(24)21-17(15)12-14)4-5-18(23)22-8-6-20(7-9-22)25-10-11-26-20/h2-3,12-13H,4-11H2,1H3,(H,21,24). The van der Waals surface area contributed by atoms with Crippen molar-refractivity contribution in [1.82, 2.24) is 9.88 Å². The Morgan fingerprint density at radius 1 is 1.19 bits per heavy atom. The van der Waals surface area contributed by atoms with Crippen molar-refractivity contribution in [1.29, 1.82) is 0 Å². The average Bonchev–Trinajstić information content (AvgIpc) is 3.08. The summed E-state index contributed by atoms with van der Waals surface area (Å²) in [4.78, 5) is 29.6. The van der Waals surface area contributed by atoms with Crippen molar-refractivity contribution in [3.63, 3.8) is 0 Å². The van der Waals surface area contributed by atoms with Gasteiger partial charge in [-0.1, -0.05) is 12.1 Å². The summed E-state index contributed by atoms with van der Waals surface area (Å²) >= 11 is 0. The van der Waals surface area contributed by atoms with Gasteiger partial charge < -0.3 is 19.4 Å². The number of likely N-dealkylation sites (tertiary alicyclic amines) is 1. The lowest BCUT2D eigenvalue weighted by Crippen LogP contribution is -2.47. The zero-order valence-electron chi connectivity index (χ0n) is 15.0. The fourth-order valence-electron chi connectivity index (χ4n) is 3.83. The third-order valence-electron chi connectivity index (χ3n) is 5.38. The lowest BCUT2D eigenvalue weighted by atomic mass is 10.0. The highest BCUT2D eigenvalue weighted by molar-refractivity contribution is 5.80. The molecule has 138 valence electrons. The van der Waals surface area contributed by atoms with Gasteiger partial charge in [-0.2, -0.15) is 0 Å². The van der Waals surface area contributed by atoms with Crippen LogP contribution in [0.15, 0.2) is 29.1 Å². The number of hydrogen-bond acceptors (Lipinski definition) is 4. The summed E-state index contributed by atoms with van der Waals surface area (Å²) in [6.07, 6.45) is 2.23. The molecule has 0 saturated carbocycles. The first kappa shape index (κ1) is 17.2. The van der Waals surface area contributed by atoms with E-state index in [1.165, 1.54) is 0 Å². The summed E-state index contributed by atoms with van der Waals surface area (Å²) in [5.74, 6) is -0.383. The number of hydrogen-bond donors (Lipinski definition) is 1. The molecule has 2 aromatic rings. The van der Waals surface area contributed by atoms with Gasteiger partial charge >= 0.3 is 0 Å². The van der Waals surface area contributed by atoms with E-state index in [2.05, 4.69) is 4.98 Å². The van der Waals surface area contributed by atoms with Gasteiger partial charge in [-0.15, -0.1) is 0 Å². The molecule has 1 spiro atoms. The third kappa shape index (κ3) is 3.39. The number of nitrogens with zero attached hydrogens (tertiary/aromatic N) is 1. The molecule has 0 atom stereocenters. The largest absolute Gasteiger partial charge is 0.347 e. The molecule has 1 amide bonds. The van der Waals surface area contributed by atoms with Crippen molar-refractivity contribution in [3.8, 4) is 0 Å². The van der Waals surface area contributed by atoms with Crippen LogP contribution in [0.2, 0.25) is 0 Å². The summed E-state index contributed by atoms with van der Waals surface area (Å²) in [7, 11) is 0. The molecular formula is C20H24N2O4. The summed E-state index contributed by atoms with van der Waals surface area (Å²) in [5.41, 5.74) is 2.49. The molecule has 1 N–H and O–H groups in total. The van der Waals surface area contributed by atoms with E-state index in [0.717, 1.165) is 16.5 Å². The molecule has 3 heterocycles. The second-order valence-electron chi connectivity index (χ2n) is 7.20. The molecule has 2 saturated heterocycles. The fourth-order valence-corrected chi connectivity index (χ4v) is 3.83. The number of H-pyrrole nitrogens is 1. The van der Waals surface area contributed by atoms with E-state index in [4.69, 9.17) is 9.47 Å². The van der Waals surface area contributed by atoms with Crippen LogP contribution in [-0.4, -0.2) is 47.9 Å². The number of pyridine rings is 1. The van der Waals surface area contributed by atoms with Gasteiger partial charge in [-0.3, -0.25) is 9.59 Å².